The van der Waals surface area contributed by atoms with Crippen molar-refractivity contribution < 1.29 is 14.3 Å². The minimum atomic E-state index is -0.154. The second-order valence-corrected chi connectivity index (χ2v) is 7.12. The van der Waals surface area contributed by atoms with Crippen LogP contribution in [-0.2, 0) is 9.47 Å². The largest absolute Gasteiger partial charge is 0.350 e. The highest BCUT2D eigenvalue weighted by Gasteiger charge is 2.33. The lowest BCUT2D eigenvalue weighted by molar-refractivity contribution is -0.0959. The van der Waals surface area contributed by atoms with E-state index in [1.807, 2.05) is 4.90 Å². The number of rotatable bonds is 3. The minimum absolute atomic E-state index is 0.0961. The molecule has 8 heteroatoms. The highest BCUT2D eigenvalue weighted by Crippen LogP contribution is 2.42. The number of carbonyl (C=O) groups excluding carboxylic acids is 1. The maximum Gasteiger partial charge on any atom is 0.323 e. The third-order valence-electron chi connectivity index (χ3n) is 4.36. The van der Waals surface area contributed by atoms with Crippen LogP contribution in [0.5, 0.6) is 0 Å². The molecule has 0 aromatic carbocycles. The lowest BCUT2D eigenvalue weighted by atomic mass is 9.98. The van der Waals surface area contributed by atoms with Gasteiger partial charge in [-0.05, 0) is 25.7 Å². The van der Waals surface area contributed by atoms with Crippen molar-refractivity contribution in [3.8, 4) is 0 Å². The first kappa shape index (κ1) is 14.3. The van der Waals surface area contributed by atoms with E-state index in [9.17, 15) is 4.79 Å². The molecule has 1 atom stereocenters. The highest BCUT2D eigenvalue weighted by molar-refractivity contribution is 7.15. The summed E-state index contributed by atoms with van der Waals surface area (Å²) in [6.45, 7) is 2.75. The third kappa shape index (κ3) is 3.09. The molecule has 2 aliphatic heterocycles. The van der Waals surface area contributed by atoms with Crippen molar-refractivity contribution in [2.24, 2.45) is 5.92 Å². The van der Waals surface area contributed by atoms with Crippen LogP contribution in [0.3, 0.4) is 0 Å². The average Bonchev–Trinajstić information content (AvgIpc) is 3.06. The van der Waals surface area contributed by atoms with Gasteiger partial charge < -0.3 is 14.4 Å². The number of piperidine rings is 1. The SMILES string of the molecule is O=C(Nc1nnc(C2CC2)s1)N1CCCC(C2OCCO2)C1. The Morgan fingerprint density at radius 1 is 1.23 bits per heavy atom. The molecule has 0 spiro atoms. The molecule has 7 nitrogen and oxygen atoms in total. The first-order chi connectivity index (χ1) is 10.8. The first-order valence-electron chi connectivity index (χ1n) is 7.92. The van der Waals surface area contributed by atoms with E-state index < -0.39 is 0 Å². The van der Waals surface area contributed by atoms with E-state index in [2.05, 4.69) is 15.5 Å². The van der Waals surface area contributed by atoms with E-state index in [0.717, 1.165) is 24.4 Å². The van der Waals surface area contributed by atoms with Gasteiger partial charge in [0, 0.05) is 24.9 Å². The Morgan fingerprint density at radius 2 is 2.05 bits per heavy atom. The summed E-state index contributed by atoms with van der Waals surface area (Å²) in [6, 6.07) is -0.0961. The second-order valence-electron chi connectivity index (χ2n) is 6.11. The molecular formula is C14H20N4O3S. The zero-order valence-corrected chi connectivity index (χ0v) is 13.2. The van der Waals surface area contributed by atoms with E-state index in [1.54, 1.807) is 0 Å². The number of ether oxygens (including phenoxy) is 2. The summed E-state index contributed by atoms with van der Waals surface area (Å²) >= 11 is 1.49. The van der Waals surface area contributed by atoms with Gasteiger partial charge in [0.25, 0.3) is 0 Å². The van der Waals surface area contributed by atoms with Crippen LogP contribution in [0, 0.1) is 5.92 Å². The smallest absolute Gasteiger partial charge is 0.323 e. The van der Waals surface area contributed by atoms with Crippen LogP contribution < -0.4 is 5.32 Å². The molecule has 1 aromatic rings. The number of nitrogens with one attached hydrogen (secondary N) is 1. The van der Waals surface area contributed by atoms with Crippen molar-refractivity contribution in [1.82, 2.24) is 15.1 Å². The topological polar surface area (TPSA) is 76.6 Å². The van der Waals surface area contributed by atoms with Gasteiger partial charge in [-0.3, -0.25) is 5.32 Å². The summed E-state index contributed by atoms with van der Waals surface area (Å²) in [5, 5.41) is 12.7. The Labute approximate surface area is 133 Å². The van der Waals surface area contributed by atoms with E-state index in [1.165, 1.54) is 24.2 Å². The van der Waals surface area contributed by atoms with Gasteiger partial charge in [-0.2, -0.15) is 0 Å². The summed E-state index contributed by atoms with van der Waals surface area (Å²) in [5.74, 6) is 0.831. The second kappa shape index (κ2) is 6.10. The Morgan fingerprint density at radius 3 is 2.82 bits per heavy atom. The van der Waals surface area contributed by atoms with Crippen LogP contribution in [-0.4, -0.2) is 53.7 Å². The van der Waals surface area contributed by atoms with Crippen molar-refractivity contribution in [1.29, 1.82) is 0 Å². The third-order valence-corrected chi connectivity index (χ3v) is 5.36. The normalized spacial score (nSPS) is 26.4. The van der Waals surface area contributed by atoms with Crippen molar-refractivity contribution in [3.05, 3.63) is 5.01 Å². The number of likely N-dealkylation sites (tertiary alicyclic amines) is 1. The van der Waals surface area contributed by atoms with Gasteiger partial charge in [-0.15, -0.1) is 10.2 Å². The zero-order chi connectivity index (χ0) is 14.9. The number of carbonyl (C=O) groups is 1. The van der Waals surface area contributed by atoms with Gasteiger partial charge in [0.2, 0.25) is 5.13 Å². The quantitative estimate of drug-likeness (QED) is 0.920. The van der Waals surface area contributed by atoms with Gasteiger partial charge in [-0.1, -0.05) is 11.3 Å². The number of amides is 2. The van der Waals surface area contributed by atoms with Crippen molar-refractivity contribution in [2.75, 3.05) is 31.6 Å². The van der Waals surface area contributed by atoms with E-state index in [0.29, 0.717) is 30.8 Å². The molecule has 4 rings (SSSR count). The fourth-order valence-electron chi connectivity index (χ4n) is 3.02. The van der Waals surface area contributed by atoms with Gasteiger partial charge in [0.05, 0.1) is 13.2 Å². The van der Waals surface area contributed by atoms with Crippen LogP contribution in [0.2, 0.25) is 0 Å². The fourth-order valence-corrected chi connectivity index (χ4v) is 3.92. The van der Waals surface area contributed by atoms with Gasteiger partial charge >= 0.3 is 6.03 Å². The molecule has 0 bridgehead atoms. The molecule has 3 heterocycles. The molecule has 2 amide bonds. The molecule has 22 heavy (non-hydrogen) atoms. The van der Waals surface area contributed by atoms with E-state index in [-0.39, 0.29) is 18.2 Å². The predicted octanol–water partition coefficient (Wildman–Crippen LogP) is 2.03. The van der Waals surface area contributed by atoms with Crippen molar-refractivity contribution >= 4 is 22.5 Å². The maximum atomic E-state index is 12.4. The molecule has 0 radical (unpaired) electrons. The number of aromatic nitrogens is 2. The van der Waals surface area contributed by atoms with Gasteiger partial charge in [0.15, 0.2) is 6.29 Å². The number of hydrogen-bond donors (Lipinski definition) is 1. The lowest BCUT2D eigenvalue weighted by Crippen LogP contribution is -2.45. The Hall–Kier alpha value is -1.25. The average molecular weight is 324 g/mol. The molecule has 120 valence electrons. The molecule has 3 fully saturated rings. The lowest BCUT2D eigenvalue weighted by Gasteiger charge is -2.34. The summed E-state index contributed by atoms with van der Waals surface area (Å²) in [4.78, 5) is 14.2. The van der Waals surface area contributed by atoms with Gasteiger partial charge in [0.1, 0.15) is 5.01 Å². The summed E-state index contributed by atoms with van der Waals surface area (Å²) in [7, 11) is 0. The number of urea groups is 1. The van der Waals surface area contributed by atoms with Crippen LogP contribution in [0.1, 0.15) is 36.6 Å². The summed E-state index contributed by atoms with van der Waals surface area (Å²) in [6.07, 6.45) is 4.25. The molecule has 1 aromatic heterocycles. The van der Waals surface area contributed by atoms with Crippen LogP contribution in [0.4, 0.5) is 9.93 Å². The van der Waals surface area contributed by atoms with Crippen LogP contribution in [0.25, 0.3) is 0 Å². The van der Waals surface area contributed by atoms with Crippen LogP contribution >= 0.6 is 11.3 Å². The Balaban J connectivity index is 1.34. The fraction of sp³-hybridized carbons (Fsp3) is 0.786. The molecular weight excluding hydrogens is 304 g/mol. The van der Waals surface area contributed by atoms with Crippen LogP contribution in [0.15, 0.2) is 0 Å². The number of nitrogens with zero attached hydrogens (tertiary/aromatic N) is 3. The Kier molecular flexibility index (Phi) is 3.98. The predicted molar refractivity (Wildman–Crippen MR) is 80.9 cm³/mol. The summed E-state index contributed by atoms with van der Waals surface area (Å²) in [5.41, 5.74) is 0. The maximum absolute atomic E-state index is 12.4. The Bertz CT molecular complexity index is 542. The molecule has 2 saturated heterocycles. The summed E-state index contributed by atoms with van der Waals surface area (Å²) < 4.78 is 11.1. The molecule has 1 aliphatic carbocycles. The molecule has 1 N–H and O–H groups in total. The van der Waals surface area contributed by atoms with Crippen molar-refractivity contribution in [3.63, 3.8) is 0 Å². The van der Waals surface area contributed by atoms with Gasteiger partial charge in [-0.25, -0.2) is 4.79 Å². The highest BCUT2D eigenvalue weighted by atomic mass is 32.1. The van der Waals surface area contributed by atoms with E-state index >= 15 is 0 Å². The van der Waals surface area contributed by atoms with Crippen molar-refractivity contribution in [2.45, 2.75) is 37.9 Å². The molecule has 1 saturated carbocycles. The van der Waals surface area contributed by atoms with E-state index in [4.69, 9.17) is 9.47 Å². The minimum Gasteiger partial charge on any atom is -0.350 e. The number of anilines is 1. The first-order valence-corrected chi connectivity index (χ1v) is 8.74. The number of hydrogen-bond acceptors (Lipinski definition) is 6. The standard InChI is InChI=1S/C14H20N4O3S/c19-14(15-13-17-16-11(22-13)9-3-4-9)18-5-1-2-10(8-18)12-20-6-7-21-12/h9-10,12H,1-8H2,(H,15,17,19). The zero-order valence-electron chi connectivity index (χ0n) is 12.4. The monoisotopic (exact) mass is 324 g/mol. The molecule has 3 aliphatic rings. The molecule has 1 unspecified atom stereocenters.